The van der Waals surface area contributed by atoms with Crippen molar-refractivity contribution in [3.63, 3.8) is 0 Å². The number of nitrogens with zero attached hydrogens (tertiary/aromatic N) is 2. The average Bonchev–Trinajstić information content (AvgIpc) is 2.70. The highest BCUT2D eigenvalue weighted by molar-refractivity contribution is 7.92. The van der Waals surface area contributed by atoms with Gasteiger partial charge in [0.1, 0.15) is 10.7 Å². The van der Waals surface area contributed by atoms with E-state index in [1.165, 1.54) is 24.9 Å². The van der Waals surface area contributed by atoms with Crippen LogP contribution in [0.5, 0.6) is 0 Å². The summed E-state index contributed by atoms with van der Waals surface area (Å²) < 4.78 is 78.7. The molecule has 0 saturated heterocycles. The molecule has 0 aliphatic heterocycles. The fourth-order valence-corrected chi connectivity index (χ4v) is 3.10. The van der Waals surface area contributed by atoms with E-state index in [-0.39, 0.29) is 10.6 Å². The van der Waals surface area contributed by atoms with E-state index in [2.05, 4.69) is 5.10 Å². The van der Waals surface area contributed by atoms with Crippen LogP contribution >= 0.6 is 0 Å². The smallest absolute Gasteiger partial charge is 0.277 e. The van der Waals surface area contributed by atoms with Crippen LogP contribution in [0, 0.1) is 12.7 Å². The van der Waals surface area contributed by atoms with Gasteiger partial charge in [-0.05, 0) is 25.1 Å². The van der Waals surface area contributed by atoms with Crippen LogP contribution < -0.4 is 4.72 Å². The van der Waals surface area contributed by atoms with Gasteiger partial charge >= 0.3 is 6.18 Å². The number of benzene rings is 1. The minimum Gasteiger partial charge on any atom is -0.277 e. The molecule has 0 saturated carbocycles. The Bertz CT molecular complexity index is 812. The summed E-state index contributed by atoms with van der Waals surface area (Å²) in [5.41, 5.74) is -1.80. The van der Waals surface area contributed by atoms with Crippen molar-refractivity contribution in [2.45, 2.75) is 18.0 Å². The first-order chi connectivity index (χ1) is 10.0. The Labute approximate surface area is 123 Å². The number of rotatable bonds is 3. The molecule has 0 aliphatic carbocycles. The van der Waals surface area contributed by atoms with E-state index in [1.807, 2.05) is 4.72 Å². The lowest BCUT2D eigenvalue weighted by Gasteiger charge is -2.11. The molecule has 5 nitrogen and oxygen atoms in total. The molecule has 0 unspecified atom stereocenters. The van der Waals surface area contributed by atoms with Gasteiger partial charge in [-0.15, -0.1) is 0 Å². The van der Waals surface area contributed by atoms with Crippen LogP contribution in [0.2, 0.25) is 0 Å². The average molecular weight is 337 g/mol. The second-order valence-corrected chi connectivity index (χ2v) is 6.20. The molecule has 0 bridgehead atoms. The number of halogens is 4. The third-order valence-corrected chi connectivity index (χ3v) is 4.26. The standard InChI is InChI=1S/C12H11F4N3O2S/c1-7-11(6-19(2)17-7)22(20,21)18-10-5-8(12(14,15)16)3-4-9(10)13/h3-6,18H,1-2H3. The number of hydrogen-bond donors (Lipinski definition) is 1. The molecule has 1 aromatic carbocycles. The molecule has 2 rings (SSSR count). The third-order valence-electron chi connectivity index (χ3n) is 2.80. The van der Waals surface area contributed by atoms with E-state index in [9.17, 15) is 26.0 Å². The summed E-state index contributed by atoms with van der Waals surface area (Å²) in [5, 5.41) is 3.82. The second-order valence-electron chi connectivity index (χ2n) is 4.55. The molecule has 0 fully saturated rings. The quantitative estimate of drug-likeness (QED) is 0.876. The van der Waals surface area contributed by atoms with Gasteiger partial charge in [-0.25, -0.2) is 12.8 Å². The highest BCUT2D eigenvalue weighted by atomic mass is 32.2. The molecule has 0 spiro atoms. The maximum Gasteiger partial charge on any atom is 0.416 e. The topological polar surface area (TPSA) is 64.0 Å². The largest absolute Gasteiger partial charge is 0.416 e. The molecule has 1 aromatic heterocycles. The van der Waals surface area contributed by atoms with Gasteiger partial charge in [-0.2, -0.15) is 18.3 Å². The Hall–Kier alpha value is -2.10. The molecule has 0 amide bonds. The first kappa shape index (κ1) is 16.3. The van der Waals surface area contributed by atoms with Crippen LogP contribution in [0.3, 0.4) is 0 Å². The highest BCUT2D eigenvalue weighted by Crippen LogP contribution is 2.32. The minimum absolute atomic E-state index is 0.141. The van der Waals surface area contributed by atoms with Crippen LogP contribution in [-0.2, 0) is 23.2 Å². The summed E-state index contributed by atoms with van der Waals surface area (Å²) in [7, 11) is -2.77. The molecule has 1 N–H and O–H groups in total. The predicted molar refractivity (Wildman–Crippen MR) is 70.2 cm³/mol. The molecule has 10 heteroatoms. The Morgan fingerprint density at radius 3 is 2.41 bits per heavy atom. The van der Waals surface area contributed by atoms with Gasteiger partial charge in [-0.1, -0.05) is 0 Å². The number of nitrogens with one attached hydrogen (secondary N) is 1. The van der Waals surface area contributed by atoms with Crippen molar-refractivity contribution in [3.8, 4) is 0 Å². The Kier molecular flexibility index (Phi) is 3.90. The molecule has 1 heterocycles. The van der Waals surface area contributed by atoms with E-state index in [4.69, 9.17) is 0 Å². The van der Waals surface area contributed by atoms with Crippen molar-refractivity contribution in [1.29, 1.82) is 0 Å². The van der Waals surface area contributed by atoms with Crippen LogP contribution in [0.25, 0.3) is 0 Å². The molecule has 0 atom stereocenters. The monoisotopic (exact) mass is 337 g/mol. The first-order valence-electron chi connectivity index (χ1n) is 5.90. The van der Waals surface area contributed by atoms with Gasteiger partial charge in [-0.3, -0.25) is 9.40 Å². The maximum atomic E-state index is 13.6. The molecular formula is C12H11F4N3O2S. The second kappa shape index (κ2) is 5.27. The van der Waals surface area contributed by atoms with Crippen LogP contribution in [0.15, 0.2) is 29.3 Å². The van der Waals surface area contributed by atoms with Crippen molar-refractivity contribution in [3.05, 3.63) is 41.5 Å². The summed E-state index contributed by atoms with van der Waals surface area (Å²) >= 11 is 0. The molecule has 120 valence electrons. The zero-order valence-electron chi connectivity index (χ0n) is 11.4. The van der Waals surface area contributed by atoms with Gasteiger partial charge in [0.05, 0.1) is 16.9 Å². The van der Waals surface area contributed by atoms with Gasteiger partial charge in [0.15, 0.2) is 0 Å². The van der Waals surface area contributed by atoms with Crippen LogP contribution in [0.4, 0.5) is 23.2 Å². The summed E-state index contributed by atoms with van der Waals surface area (Å²) in [4.78, 5) is -0.244. The zero-order valence-corrected chi connectivity index (χ0v) is 12.3. The number of aryl methyl sites for hydroxylation is 2. The Morgan fingerprint density at radius 2 is 1.91 bits per heavy atom. The minimum atomic E-state index is -4.71. The predicted octanol–water partition coefficient (Wildman–Crippen LogP) is 2.69. The molecule has 0 radical (unpaired) electrons. The lowest BCUT2D eigenvalue weighted by molar-refractivity contribution is -0.137. The molecule has 0 aliphatic rings. The molecule has 22 heavy (non-hydrogen) atoms. The fourth-order valence-electron chi connectivity index (χ4n) is 1.82. The highest BCUT2D eigenvalue weighted by Gasteiger charge is 2.32. The normalized spacial score (nSPS) is 12.5. The fraction of sp³-hybridized carbons (Fsp3) is 0.250. The number of aromatic nitrogens is 2. The van der Waals surface area contributed by atoms with Gasteiger partial charge in [0.25, 0.3) is 10.0 Å². The van der Waals surface area contributed by atoms with Gasteiger partial charge in [0.2, 0.25) is 0 Å². The van der Waals surface area contributed by atoms with E-state index in [0.717, 1.165) is 0 Å². The third kappa shape index (κ3) is 3.21. The lowest BCUT2D eigenvalue weighted by atomic mass is 10.2. The lowest BCUT2D eigenvalue weighted by Crippen LogP contribution is -2.15. The van der Waals surface area contributed by atoms with E-state index in [1.54, 1.807) is 0 Å². The van der Waals surface area contributed by atoms with E-state index in [0.29, 0.717) is 18.2 Å². The number of anilines is 1. The maximum absolute atomic E-state index is 13.6. The van der Waals surface area contributed by atoms with Crippen molar-refractivity contribution in [1.82, 2.24) is 9.78 Å². The molecular weight excluding hydrogens is 326 g/mol. The molecule has 2 aromatic rings. The number of hydrogen-bond acceptors (Lipinski definition) is 3. The number of alkyl halides is 3. The van der Waals surface area contributed by atoms with Crippen molar-refractivity contribution < 1.29 is 26.0 Å². The van der Waals surface area contributed by atoms with Crippen LogP contribution in [-0.4, -0.2) is 18.2 Å². The Morgan fingerprint density at radius 1 is 1.27 bits per heavy atom. The summed E-state index contributed by atoms with van der Waals surface area (Å²) in [6.45, 7) is 1.41. The number of sulfonamides is 1. The van der Waals surface area contributed by atoms with Crippen molar-refractivity contribution >= 4 is 15.7 Å². The van der Waals surface area contributed by atoms with Gasteiger partial charge < -0.3 is 0 Å². The summed E-state index contributed by atoms with van der Waals surface area (Å²) in [5.74, 6) is -1.11. The van der Waals surface area contributed by atoms with E-state index < -0.39 is 33.3 Å². The SMILES string of the molecule is Cc1nn(C)cc1S(=O)(=O)Nc1cc(C(F)(F)F)ccc1F. The Balaban J connectivity index is 2.44. The van der Waals surface area contributed by atoms with Crippen molar-refractivity contribution in [2.75, 3.05) is 4.72 Å². The van der Waals surface area contributed by atoms with Crippen molar-refractivity contribution in [2.24, 2.45) is 7.05 Å². The van der Waals surface area contributed by atoms with Crippen LogP contribution in [0.1, 0.15) is 11.3 Å². The summed E-state index contributed by atoms with van der Waals surface area (Å²) in [6, 6.07) is 1.48. The summed E-state index contributed by atoms with van der Waals surface area (Å²) in [6.07, 6.45) is -3.54. The van der Waals surface area contributed by atoms with E-state index >= 15 is 0 Å². The first-order valence-corrected chi connectivity index (χ1v) is 7.39. The zero-order chi connectivity index (χ0) is 16.7. The van der Waals surface area contributed by atoms with Gasteiger partial charge in [0, 0.05) is 13.2 Å².